The number of hydrazine groups is 1. The van der Waals surface area contributed by atoms with E-state index in [0.29, 0.717) is 12.4 Å². The van der Waals surface area contributed by atoms with Crippen LogP contribution in [0, 0.1) is 0 Å². The van der Waals surface area contributed by atoms with Crippen molar-refractivity contribution in [1.29, 1.82) is 0 Å². The Morgan fingerprint density at radius 3 is 2.11 bits per heavy atom. The summed E-state index contributed by atoms with van der Waals surface area (Å²) in [5, 5.41) is 10.4. The van der Waals surface area contributed by atoms with Crippen LogP contribution < -0.4 is 20.3 Å². The second kappa shape index (κ2) is 12.8. The van der Waals surface area contributed by atoms with Crippen LogP contribution in [-0.4, -0.2) is 39.1 Å². The molecule has 27 heavy (non-hydrogen) atoms. The molecule has 0 aliphatic rings. The quantitative estimate of drug-likeness (QED) is 0.517. The third kappa shape index (κ3) is 6.94. The fraction of sp³-hybridized carbons (Fsp3) is 0.333. The average molecular weight is 374 g/mol. The molecule has 3 N–H and O–H groups in total. The number of hydrogen-bond donors (Lipinski definition) is 2. The minimum atomic E-state index is -0.0191. The Hall–Kier alpha value is -2.54. The standard InChI is InChI=1S/C19H24N2O4.C2H6/c1-23-13-11-19(15-3-7-18(8-4-15)25-14-12-22)21(20)16-5-9-17(24-2)10-6-16;1-2/h3-11,22H,12-14,20H2,1-2H3;1-2H3/b19-11-;. The highest BCUT2D eigenvalue weighted by atomic mass is 16.5. The van der Waals surface area contributed by atoms with Gasteiger partial charge in [-0.15, -0.1) is 0 Å². The first kappa shape index (κ1) is 22.5. The predicted octanol–water partition coefficient (Wildman–Crippen LogP) is 3.46. The van der Waals surface area contributed by atoms with E-state index in [1.165, 1.54) is 0 Å². The molecule has 0 aliphatic carbocycles. The summed E-state index contributed by atoms with van der Waals surface area (Å²) in [4.78, 5) is 0. The van der Waals surface area contributed by atoms with E-state index in [2.05, 4.69) is 0 Å². The third-order valence-corrected chi connectivity index (χ3v) is 3.56. The molecule has 6 heteroatoms. The van der Waals surface area contributed by atoms with Gasteiger partial charge < -0.3 is 19.3 Å². The molecule has 2 aromatic carbocycles. The van der Waals surface area contributed by atoms with Gasteiger partial charge >= 0.3 is 0 Å². The maximum atomic E-state index is 8.82. The molecule has 2 aromatic rings. The first-order valence-electron chi connectivity index (χ1n) is 8.91. The zero-order chi connectivity index (χ0) is 20.1. The van der Waals surface area contributed by atoms with Crippen LogP contribution in [0.4, 0.5) is 5.69 Å². The molecule has 0 heterocycles. The summed E-state index contributed by atoms with van der Waals surface area (Å²) >= 11 is 0. The number of nitrogens with zero attached hydrogens (tertiary/aromatic N) is 1. The van der Waals surface area contributed by atoms with E-state index in [9.17, 15) is 0 Å². The van der Waals surface area contributed by atoms with Crippen molar-refractivity contribution in [2.45, 2.75) is 13.8 Å². The number of methoxy groups -OCH3 is 2. The number of anilines is 1. The first-order valence-corrected chi connectivity index (χ1v) is 8.91. The summed E-state index contributed by atoms with van der Waals surface area (Å²) in [6, 6.07) is 15.0. The van der Waals surface area contributed by atoms with Gasteiger partial charge in [-0.2, -0.15) is 0 Å². The van der Waals surface area contributed by atoms with Crippen molar-refractivity contribution in [3.63, 3.8) is 0 Å². The molecule has 0 unspecified atom stereocenters. The normalized spacial score (nSPS) is 10.7. The Kier molecular flexibility index (Phi) is 10.6. The number of hydrogen-bond acceptors (Lipinski definition) is 6. The van der Waals surface area contributed by atoms with Crippen LogP contribution in [0.3, 0.4) is 0 Å². The van der Waals surface area contributed by atoms with Crippen molar-refractivity contribution in [3.05, 3.63) is 60.2 Å². The smallest absolute Gasteiger partial charge is 0.119 e. The lowest BCUT2D eigenvalue weighted by Gasteiger charge is -2.23. The molecule has 0 bridgehead atoms. The Balaban J connectivity index is 0.00000176. The summed E-state index contributed by atoms with van der Waals surface area (Å²) < 4.78 is 15.7. The zero-order valence-electron chi connectivity index (χ0n) is 16.5. The van der Waals surface area contributed by atoms with E-state index < -0.39 is 0 Å². The van der Waals surface area contributed by atoms with Gasteiger partial charge in [-0.1, -0.05) is 13.8 Å². The maximum absolute atomic E-state index is 8.82. The average Bonchev–Trinajstić information content (AvgIpc) is 2.74. The lowest BCUT2D eigenvalue weighted by Crippen LogP contribution is -2.29. The van der Waals surface area contributed by atoms with Crippen LogP contribution in [0.5, 0.6) is 11.5 Å². The molecule has 0 amide bonds. The van der Waals surface area contributed by atoms with Crippen molar-refractivity contribution >= 4 is 11.4 Å². The number of aliphatic hydroxyl groups is 1. The van der Waals surface area contributed by atoms with Crippen LogP contribution >= 0.6 is 0 Å². The fourth-order valence-electron chi connectivity index (χ4n) is 2.28. The van der Waals surface area contributed by atoms with Crippen LogP contribution in [0.25, 0.3) is 5.70 Å². The van der Waals surface area contributed by atoms with Crippen molar-refractivity contribution in [2.75, 3.05) is 39.0 Å². The number of benzene rings is 2. The molecule has 148 valence electrons. The zero-order valence-corrected chi connectivity index (χ0v) is 16.5. The van der Waals surface area contributed by atoms with Crippen LogP contribution in [0.15, 0.2) is 54.6 Å². The second-order valence-electron chi connectivity index (χ2n) is 5.21. The minimum absolute atomic E-state index is 0.0191. The Labute approximate surface area is 161 Å². The van der Waals surface area contributed by atoms with E-state index in [0.717, 1.165) is 22.7 Å². The van der Waals surface area contributed by atoms with E-state index in [-0.39, 0.29) is 13.2 Å². The van der Waals surface area contributed by atoms with Gasteiger partial charge in [0.05, 0.1) is 31.7 Å². The van der Waals surface area contributed by atoms with E-state index >= 15 is 0 Å². The minimum Gasteiger partial charge on any atom is -0.497 e. The lowest BCUT2D eigenvalue weighted by molar-refractivity contribution is 0.201. The summed E-state index contributed by atoms with van der Waals surface area (Å²) in [5.74, 6) is 7.79. The van der Waals surface area contributed by atoms with Gasteiger partial charge in [0.2, 0.25) is 0 Å². The molecular formula is C21H30N2O4. The third-order valence-electron chi connectivity index (χ3n) is 3.56. The van der Waals surface area contributed by atoms with Crippen molar-refractivity contribution in [1.82, 2.24) is 0 Å². The number of ether oxygens (including phenoxy) is 3. The van der Waals surface area contributed by atoms with E-state index in [4.69, 9.17) is 25.2 Å². The predicted molar refractivity (Wildman–Crippen MR) is 110 cm³/mol. The molecule has 0 saturated carbocycles. The maximum Gasteiger partial charge on any atom is 0.119 e. The summed E-state index contributed by atoms with van der Waals surface area (Å²) in [6.07, 6.45) is 1.91. The molecule has 0 atom stereocenters. The Bertz CT molecular complexity index is 670. The van der Waals surface area contributed by atoms with E-state index in [1.54, 1.807) is 19.2 Å². The van der Waals surface area contributed by atoms with Crippen LogP contribution in [-0.2, 0) is 4.74 Å². The Morgan fingerprint density at radius 1 is 1.00 bits per heavy atom. The van der Waals surface area contributed by atoms with Gasteiger partial charge in [-0.25, -0.2) is 5.84 Å². The summed E-state index contributed by atoms with van der Waals surface area (Å²) in [6.45, 7) is 4.68. The highest BCUT2D eigenvalue weighted by molar-refractivity contribution is 5.78. The van der Waals surface area contributed by atoms with Gasteiger partial charge in [0.15, 0.2) is 0 Å². The molecular weight excluding hydrogens is 344 g/mol. The molecule has 6 nitrogen and oxygen atoms in total. The Morgan fingerprint density at radius 2 is 1.59 bits per heavy atom. The van der Waals surface area contributed by atoms with Crippen LogP contribution in [0.2, 0.25) is 0 Å². The van der Waals surface area contributed by atoms with Crippen molar-refractivity contribution < 1.29 is 19.3 Å². The van der Waals surface area contributed by atoms with Gasteiger partial charge in [-0.3, -0.25) is 5.01 Å². The first-order chi connectivity index (χ1) is 13.2. The molecule has 0 spiro atoms. The second-order valence-corrected chi connectivity index (χ2v) is 5.21. The van der Waals surface area contributed by atoms with Gasteiger partial charge in [0, 0.05) is 7.11 Å². The number of aliphatic hydroxyl groups excluding tert-OH is 1. The number of rotatable bonds is 9. The molecule has 0 radical (unpaired) electrons. The topological polar surface area (TPSA) is 77.2 Å². The van der Waals surface area contributed by atoms with Gasteiger partial charge in [-0.05, 0) is 60.2 Å². The van der Waals surface area contributed by atoms with Crippen LogP contribution in [0.1, 0.15) is 19.4 Å². The highest BCUT2D eigenvalue weighted by Crippen LogP contribution is 2.26. The SMILES string of the molecule is CC.COC/C=C(/c1ccc(OCCO)cc1)N(N)c1ccc(OC)cc1. The van der Waals surface area contributed by atoms with Crippen molar-refractivity contribution in [3.8, 4) is 11.5 Å². The monoisotopic (exact) mass is 374 g/mol. The van der Waals surface area contributed by atoms with Gasteiger partial charge in [0.25, 0.3) is 0 Å². The molecule has 0 fully saturated rings. The number of nitrogens with two attached hydrogens (primary N) is 1. The fourth-order valence-corrected chi connectivity index (χ4v) is 2.28. The molecule has 0 saturated heterocycles. The molecule has 2 rings (SSSR count). The lowest BCUT2D eigenvalue weighted by atomic mass is 10.1. The highest BCUT2D eigenvalue weighted by Gasteiger charge is 2.11. The summed E-state index contributed by atoms with van der Waals surface area (Å²) in [7, 11) is 3.26. The van der Waals surface area contributed by atoms with Gasteiger partial charge in [0.1, 0.15) is 18.1 Å². The van der Waals surface area contributed by atoms with Crippen molar-refractivity contribution in [2.24, 2.45) is 5.84 Å². The molecule has 0 aromatic heterocycles. The molecule has 0 aliphatic heterocycles. The van der Waals surface area contributed by atoms with E-state index in [1.807, 2.05) is 68.5 Å². The summed E-state index contributed by atoms with van der Waals surface area (Å²) in [5.41, 5.74) is 2.55. The largest absolute Gasteiger partial charge is 0.497 e.